The van der Waals surface area contributed by atoms with Crippen LogP contribution in [0.25, 0.3) is 0 Å². The Morgan fingerprint density at radius 3 is 2.64 bits per heavy atom. The number of amides is 1. The summed E-state index contributed by atoms with van der Waals surface area (Å²) in [5, 5.41) is 2.84. The molecular weight excluding hydrogens is 322 g/mol. The molecule has 1 aliphatic rings. The number of para-hydroxylation sites is 2. The fourth-order valence-corrected chi connectivity index (χ4v) is 2.54. The Bertz CT molecular complexity index is 732. The van der Waals surface area contributed by atoms with E-state index in [1.54, 1.807) is 7.11 Å². The molecule has 0 saturated carbocycles. The van der Waals surface area contributed by atoms with Gasteiger partial charge in [0.1, 0.15) is 19.8 Å². The Labute approximate surface area is 146 Å². The van der Waals surface area contributed by atoms with Crippen molar-refractivity contribution in [3.8, 4) is 23.0 Å². The van der Waals surface area contributed by atoms with Gasteiger partial charge in [0, 0.05) is 0 Å². The molecular formula is C19H21NO5. The normalized spacial score (nSPS) is 12.4. The monoisotopic (exact) mass is 343 g/mol. The molecule has 2 aromatic rings. The summed E-state index contributed by atoms with van der Waals surface area (Å²) in [7, 11) is 1.59. The summed E-state index contributed by atoms with van der Waals surface area (Å²) in [6, 6.07) is 13.0. The van der Waals surface area contributed by atoms with Crippen molar-refractivity contribution < 1.29 is 23.7 Å². The second kappa shape index (κ2) is 8.28. The second-order valence-corrected chi connectivity index (χ2v) is 5.50. The maximum atomic E-state index is 12.1. The SMILES string of the molecule is COc1ccccc1OCCNC(=O)Cc1ccc2c(c1)OCCO2. The summed E-state index contributed by atoms with van der Waals surface area (Å²) in [6.07, 6.45) is 0.283. The lowest BCUT2D eigenvalue weighted by Crippen LogP contribution is -2.29. The average molecular weight is 343 g/mol. The first-order chi connectivity index (χ1) is 12.3. The first kappa shape index (κ1) is 17.0. The van der Waals surface area contributed by atoms with E-state index in [-0.39, 0.29) is 12.3 Å². The minimum Gasteiger partial charge on any atom is -0.493 e. The fraction of sp³-hybridized carbons (Fsp3) is 0.316. The topological polar surface area (TPSA) is 66.0 Å². The zero-order chi connectivity index (χ0) is 17.5. The second-order valence-electron chi connectivity index (χ2n) is 5.50. The quantitative estimate of drug-likeness (QED) is 0.781. The van der Waals surface area contributed by atoms with Gasteiger partial charge in [-0.15, -0.1) is 0 Å². The van der Waals surface area contributed by atoms with Gasteiger partial charge < -0.3 is 24.3 Å². The van der Waals surface area contributed by atoms with Crippen LogP contribution in [0.5, 0.6) is 23.0 Å². The van der Waals surface area contributed by atoms with E-state index in [2.05, 4.69) is 5.32 Å². The van der Waals surface area contributed by atoms with Gasteiger partial charge in [-0.1, -0.05) is 18.2 Å². The summed E-state index contributed by atoms with van der Waals surface area (Å²) in [6.45, 7) is 1.87. The number of hydrogen-bond acceptors (Lipinski definition) is 5. The van der Waals surface area contributed by atoms with Gasteiger partial charge in [-0.25, -0.2) is 0 Å². The van der Waals surface area contributed by atoms with Gasteiger partial charge in [0.15, 0.2) is 23.0 Å². The van der Waals surface area contributed by atoms with Crippen LogP contribution in [0, 0.1) is 0 Å². The van der Waals surface area contributed by atoms with Crippen LogP contribution < -0.4 is 24.3 Å². The van der Waals surface area contributed by atoms with E-state index in [1.165, 1.54) is 0 Å². The van der Waals surface area contributed by atoms with Crippen LogP contribution in [0.1, 0.15) is 5.56 Å². The molecule has 0 bridgehead atoms. The van der Waals surface area contributed by atoms with Crippen LogP contribution in [0.15, 0.2) is 42.5 Å². The molecule has 0 aromatic heterocycles. The molecule has 0 saturated heterocycles. The molecule has 0 radical (unpaired) electrons. The van der Waals surface area contributed by atoms with Crippen molar-refractivity contribution in [2.45, 2.75) is 6.42 Å². The maximum absolute atomic E-state index is 12.1. The molecule has 132 valence electrons. The molecule has 1 aliphatic heterocycles. The predicted octanol–water partition coefficient (Wildman–Crippen LogP) is 2.20. The highest BCUT2D eigenvalue weighted by molar-refractivity contribution is 5.78. The van der Waals surface area contributed by atoms with Gasteiger partial charge in [-0.05, 0) is 29.8 Å². The van der Waals surface area contributed by atoms with E-state index in [0.29, 0.717) is 43.6 Å². The van der Waals surface area contributed by atoms with Crippen LogP contribution in [-0.4, -0.2) is 39.4 Å². The molecule has 0 atom stereocenters. The highest BCUT2D eigenvalue weighted by Gasteiger charge is 2.13. The van der Waals surface area contributed by atoms with Crippen molar-refractivity contribution in [1.29, 1.82) is 0 Å². The molecule has 0 aliphatic carbocycles. The molecule has 6 nitrogen and oxygen atoms in total. The third-order valence-electron chi connectivity index (χ3n) is 3.72. The molecule has 2 aromatic carbocycles. The first-order valence-electron chi connectivity index (χ1n) is 8.17. The number of methoxy groups -OCH3 is 1. The average Bonchev–Trinajstić information content (AvgIpc) is 2.65. The van der Waals surface area contributed by atoms with E-state index in [9.17, 15) is 4.79 Å². The number of carbonyl (C=O) groups excluding carboxylic acids is 1. The highest BCUT2D eigenvalue weighted by Crippen LogP contribution is 2.30. The van der Waals surface area contributed by atoms with E-state index in [4.69, 9.17) is 18.9 Å². The van der Waals surface area contributed by atoms with Crippen LogP contribution in [0.2, 0.25) is 0 Å². The van der Waals surface area contributed by atoms with Crippen molar-refractivity contribution in [2.24, 2.45) is 0 Å². The van der Waals surface area contributed by atoms with Crippen molar-refractivity contribution in [3.05, 3.63) is 48.0 Å². The molecule has 0 fully saturated rings. The Balaban J connectivity index is 1.44. The molecule has 25 heavy (non-hydrogen) atoms. The zero-order valence-corrected chi connectivity index (χ0v) is 14.1. The number of ether oxygens (including phenoxy) is 4. The number of benzene rings is 2. The standard InChI is InChI=1S/C19H21NO5/c1-22-15-4-2-3-5-16(15)23-9-8-20-19(21)13-14-6-7-17-18(12-14)25-11-10-24-17/h2-7,12H,8-11,13H2,1H3,(H,20,21). The summed E-state index contributed by atoms with van der Waals surface area (Å²) < 4.78 is 21.8. The molecule has 1 heterocycles. The van der Waals surface area contributed by atoms with Crippen molar-refractivity contribution in [1.82, 2.24) is 5.32 Å². The lowest BCUT2D eigenvalue weighted by Gasteiger charge is -2.18. The largest absolute Gasteiger partial charge is 0.493 e. The van der Waals surface area contributed by atoms with E-state index >= 15 is 0 Å². The highest BCUT2D eigenvalue weighted by atomic mass is 16.6. The summed E-state index contributed by atoms with van der Waals surface area (Å²) in [5.41, 5.74) is 0.882. The molecule has 1 amide bonds. The number of fused-ring (bicyclic) bond motifs is 1. The van der Waals surface area contributed by atoms with E-state index in [0.717, 1.165) is 11.3 Å². The maximum Gasteiger partial charge on any atom is 0.224 e. The summed E-state index contributed by atoms with van der Waals surface area (Å²) >= 11 is 0. The molecule has 1 N–H and O–H groups in total. The van der Waals surface area contributed by atoms with E-state index < -0.39 is 0 Å². The predicted molar refractivity (Wildman–Crippen MR) is 92.6 cm³/mol. The van der Waals surface area contributed by atoms with Crippen LogP contribution in [0.4, 0.5) is 0 Å². The van der Waals surface area contributed by atoms with Gasteiger partial charge >= 0.3 is 0 Å². The lowest BCUT2D eigenvalue weighted by molar-refractivity contribution is -0.120. The number of rotatable bonds is 7. The third kappa shape index (κ3) is 4.56. The minimum absolute atomic E-state index is 0.0692. The molecule has 6 heteroatoms. The van der Waals surface area contributed by atoms with Gasteiger partial charge in [0.25, 0.3) is 0 Å². The lowest BCUT2D eigenvalue weighted by atomic mass is 10.1. The third-order valence-corrected chi connectivity index (χ3v) is 3.72. The Hall–Kier alpha value is -2.89. The van der Waals surface area contributed by atoms with Crippen molar-refractivity contribution in [2.75, 3.05) is 33.5 Å². The molecule has 0 spiro atoms. The van der Waals surface area contributed by atoms with Crippen LogP contribution >= 0.6 is 0 Å². The Kier molecular flexibility index (Phi) is 5.61. The van der Waals surface area contributed by atoms with Crippen molar-refractivity contribution in [3.63, 3.8) is 0 Å². The Morgan fingerprint density at radius 1 is 1.08 bits per heavy atom. The van der Waals surface area contributed by atoms with Gasteiger partial charge in [-0.3, -0.25) is 4.79 Å². The number of hydrogen-bond donors (Lipinski definition) is 1. The minimum atomic E-state index is -0.0692. The van der Waals surface area contributed by atoms with Gasteiger partial charge in [-0.2, -0.15) is 0 Å². The summed E-state index contributed by atoms with van der Waals surface area (Å²) in [4.78, 5) is 12.1. The molecule has 0 unspecified atom stereocenters. The zero-order valence-electron chi connectivity index (χ0n) is 14.1. The van der Waals surface area contributed by atoms with Gasteiger partial charge in [0.05, 0.1) is 20.1 Å². The molecule has 3 rings (SSSR count). The smallest absolute Gasteiger partial charge is 0.224 e. The number of nitrogens with one attached hydrogen (secondary N) is 1. The number of carbonyl (C=O) groups is 1. The van der Waals surface area contributed by atoms with Crippen LogP contribution in [-0.2, 0) is 11.2 Å². The Morgan fingerprint density at radius 2 is 1.84 bits per heavy atom. The first-order valence-corrected chi connectivity index (χ1v) is 8.17. The fourth-order valence-electron chi connectivity index (χ4n) is 2.54. The van der Waals surface area contributed by atoms with Gasteiger partial charge in [0.2, 0.25) is 5.91 Å². The van der Waals surface area contributed by atoms with E-state index in [1.807, 2.05) is 42.5 Å². The summed E-state index contributed by atoms with van der Waals surface area (Å²) in [5.74, 6) is 2.67. The van der Waals surface area contributed by atoms with Crippen molar-refractivity contribution >= 4 is 5.91 Å². The van der Waals surface area contributed by atoms with Crippen LogP contribution in [0.3, 0.4) is 0 Å².